The van der Waals surface area contributed by atoms with Crippen molar-refractivity contribution in [2.24, 2.45) is 10.7 Å². The van der Waals surface area contributed by atoms with Crippen molar-refractivity contribution in [3.05, 3.63) is 34.3 Å². The van der Waals surface area contributed by atoms with E-state index in [-0.39, 0.29) is 5.54 Å². The molecule has 0 saturated heterocycles. The largest absolute Gasteiger partial charge is 0.370 e. The van der Waals surface area contributed by atoms with Crippen molar-refractivity contribution in [3.8, 4) is 0 Å². The van der Waals surface area contributed by atoms with Gasteiger partial charge in [-0.25, -0.2) is 0 Å². The Morgan fingerprint density at radius 2 is 2.24 bits per heavy atom. The molecule has 0 radical (unpaired) electrons. The molecule has 3 rings (SSSR count). The maximum Gasteiger partial charge on any atom is 0.192 e. The third kappa shape index (κ3) is 1.75. The standard InChI is InChI=1S/C13H16BrN3/c1-13(9-3-2-4-10(14)7-9)8-16-12(15)17(13)11-5-6-11/h2-4,7,11H,5-6,8H2,1H3,(H2,15,16). The van der Waals surface area contributed by atoms with Crippen molar-refractivity contribution in [3.63, 3.8) is 0 Å². The van der Waals surface area contributed by atoms with Gasteiger partial charge in [-0.3, -0.25) is 4.99 Å². The molecule has 1 heterocycles. The third-order valence-electron chi connectivity index (χ3n) is 3.69. The molecule has 90 valence electrons. The van der Waals surface area contributed by atoms with Gasteiger partial charge in [-0.15, -0.1) is 0 Å². The zero-order valence-corrected chi connectivity index (χ0v) is 11.4. The van der Waals surface area contributed by atoms with Crippen LogP contribution in [0.15, 0.2) is 33.7 Å². The summed E-state index contributed by atoms with van der Waals surface area (Å²) in [5.74, 6) is 0.704. The highest BCUT2D eigenvalue weighted by molar-refractivity contribution is 9.10. The normalized spacial score (nSPS) is 28.4. The molecule has 1 aliphatic carbocycles. The Labute approximate surface area is 110 Å². The fourth-order valence-corrected chi connectivity index (χ4v) is 3.02. The second-order valence-electron chi connectivity index (χ2n) is 5.06. The van der Waals surface area contributed by atoms with Gasteiger partial charge in [-0.1, -0.05) is 28.1 Å². The van der Waals surface area contributed by atoms with Gasteiger partial charge < -0.3 is 10.6 Å². The summed E-state index contributed by atoms with van der Waals surface area (Å²) in [4.78, 5) is 6.74. The van der Waals surface area contributed by atoms with E-state index in [1.165, 1.54) is 18.4 Å². The van der Waals surface area contributed by atoms with Crippen LogP contribution >= 0.6 is 15.9 Å². The maximum atomic E-state index is 6.04. The molecule has 2 aliphatic rings. The second-order valence-corrected chi connectivity index (χ2v) is 5.98. The molecule has 1 unspecified atom stereocenters. The van der Waals surface area contributed by atoms with E-state index in [4.69, 9.17) is 5.73 Å². The maximum absolute atomic E-state index is 6.04. The molecule has 4 heteroatoms. The molecular weight excluding hydrogens is 278 g/mol. The molecule has 0 bridgehead atoms. The first kappa shape index (κ1) is 11.1. The first-order valence-electron chi connectivity index (χ1n) is 5.96. The minimum atomic E-state index is -0.0744. The van der Waals surface area contributed by atoms with Crippen molar-refractivity contribution < 1.29 is 0 Å². The van der Waals surface area contributed by atoms with Crippen LogP contribution in [0.3, 0.4) is 0 Å². The number of rotatable bonds is 2. The van der Waals surface area contributed by atoms with E-state index in [1.807, 2.05) is 6.07 Å². The van der Waals surface area contributed by atoms with Crippen LogP contribution in [0.25, 0.3) is 0 Å². The van der Waals surface area contributed by atoms with E-state index < -0.39 is 0 Å². The molecule has 2 N–H and O–H groups in total. The van der Waals surface area contributed by atoms with E-state index in [0.29, 0.717) is 12.0 Å². The number of halogens is 1. The quantitative estimate of drug-likeness (QED) is 0.910. The SMILES string of the molecule is CC1(c2cccc(Br)c2)CN=C(N)N1C1CC1. The Morgan fingerprint density at radius 3 is 2.88 bits per heavy atom. The summed E-state index contributed by atoms with van der Waals surface area (Å²) in [5, 5.41) is 0. The lowest BCUT2D eigenvalue weighted by Crippen LogP contribution is -2.48. The Hall–Kier alpha value is -1.03. The van der Waals surface area contributed by atoms with Crippen LogP contribution in [0.4, 0.5) is 0 Å². The fraction of sp³-hybridized carbons (Fsp3) is 0.462. The van der Waals surface area contributed by atoms with Crippen LogP contribution in [0.2, 0.25) is 0 Å². The predicted octanol–water partition coefficient (Wildman–Crippen LogP) is 2.46. The van der Waals surface area contributed by atoms with Gasteiger partial charge in [0.15, 0.2) is 5.96 Å². The molecule has 17 heavy (non-hydrogen) atoms. The topological polar surface area (TPSA) is 41.6 Å². The molecule has 1 aromatic carbocycles. The number of guanidine groups is 1. The monoisotopic (exact) mass is 293 g/mol. The van der Waals surface area contributed by atoms with Crippen molar-refractivity contribution in [2.75, 3.05) is 6.54 Å². The second kappa shape index (κ2) is 3.73. The Balaban J connectivity index is 2.00. The molecule has 1 atom stereocenters. The van der Waals surface area contributed by atoms with Gasteiger partial charge in [-0.05, 0) is 37.5 Å². The van der Waals surface area contributed by atoms with Crippen LogP contribution in [0, 0.1) is 0 Å². The molecule has 0 amide bonds. The summed E-state index contributed by atoms with van der Waals surface area (Å²) < 4.78 is 1.11. The van der Waals surface area contributed by atoms with Crippen LogP contribution in [-0.4, -0.2) is 23.4 Å². The molecule has 3 nitrogen and oxygen atoms in total. The zero-order chi connectivity index (χ0) is 12.0. The summed E-state index contributed by atoms with van der Waals surface area (Å²) >= 11 is 3.53. The Bertz CT molecular complexity index is 481. The summed E-state index contributed by atoms with van der Waals surface area (Å²) in [5.41, 5.74) is 7.24. The molecule has 0 spiro atoms. The summed E-state index contributed by atoms with van der Waals surface area (Å²) in [6.07, 6.45) is 2.47. The van der Waals surface area contributed by atoms with E-state index in [2.05, 4.69) is 50.9 Å². The van der Waals surface area contributed by atoms with E-state index >= 15 is 0 Å². The zero-order valence-electron chi connectivity index (χ0n) is 9.86. The number of benzene rings is 1. The fourth-order valence-electron chi connectivity index (χ4n) is 2.62. The van der Waals surface area contributed by atoms with Gasteiger partial charge in [0.25, 0.3) is 0 Å². The number of nitrogens with two attached hydrogens (primary N) is 1. The molecule has 1 aliphatic heterocycles. The summed E-state index contributed by atoms with van der Waals surface area (Å²) in [7, 11) is 0. The first-order chi connectivity index (χ1) is 8.11. The van der Waals surface area contributed by atoms with Gasteiger partial charge in [0.05, 0.1) is 12.1 Å². The van der Waals surface area contributed by atoms with E-state index in [0.717, 1.165) is 11.0 Å². The molecule has 1 fully saturated rings. The van der Waals surface area contributed by atoms with Crippen LogP contribution in [-0.2, 0) is 5.54 Å². The number of hydrogen-bond donors (Lipinski definition) is 1. The van der Waals surface area contributed by atoms with Crippen LogP contribution in [0.5, 0.6) is 0 Å². The van der Waals surface area contributed by atoms with Gasteiger partial charge in [-0.2, -0.15) is 0 Å². The summed E-state index contributed by atoms with van der Waals surface area (Å²) in [6, 6.07) is 9.04. The highest BCUT2D eigenvalue weighted by Crippen LogP contribution is 2.41. The van der Waals surface area contributed by atoms with Crippen LogP contribution < -0.4 is 5.73 Å². The van der Waals surface area contributed by atoms with Gasteiger partial charge in [0.2, 0.25) is 0 Å². The van der Waals surface area contributed by atoms with Gasteiger partial charge >= 0.3 is 0 Å². The predicted molar refractivity (Wildman–Crippen MR) is 72.8 cm³/mol. The molecule has 1 aromatic rings. The van der Waals surface area contributed by atoms with Crippen molar-refractivity contribution in [1.29, 1.82) is 0 Å². The third-order valence-corrected chi connectivity index (χ3v) is 4.18. The van der Waals surface area contributed by atoms with E-state index in [1.54, 1.807) is 0 Å². The summed E-state index contributed by atoms with van der Waals surface area (Å²) in [6.45, 7) is 2.99. The van der Waals surface area contributed by atoms with Crippen molar-refractivity contribution in [2.45, 2.75) is 31.3 Å². The van der Waals surface area contributed by atoms with E-state index in [9.17, 15) is 0 Å². The smallest absolute Gasteiger partial charge is 0.192 e. The highest BCUT2D eigenvalue weighted by Gasteiger charge is 2.46. The lowest BCUT2D eigenvalue weighted by Gasteiger charge is -2.37. The van der Waals surface area contributed by atoms with Crippen molar-refractivity contribution >= 4 is 21.9 Å². The molecule has 0 aromatic heterocycles. The minimum Gasteiger partial charge on any atom is -0.370 e. The number of nitrogens with zero attached hydrogens (tertiary/aromatic N) is 2. The number of aliphatic imine (C=N–C) groups is 1. The van der Waals surface area contributed by atoms with Crippen molar-refractivity contribution in [1.82, 2.24) is 4.90 Å². The van der Waals surface area contributed by atoms with Gasteiger partial charge in [0, 0.05) is 10.5 Å². The number of hydrogen-bond acceptors (Lipinski definition) is 3. The van der Waals surface area contributed by atoms with Crippen LogP contribution in [0.1, 0.15) is 25.3 Å². The Kier molecular flexibility index (Phi) is 2.43. The Morgan fingerprint density at radius 1 is 1.47 bits per heavy atom. The first-order valence-corrected chi connectivity index (χ1v) is 6.76. The average molecular weight is 294 g/mol. The highest BCUT2D eigenvalue weighted by atomic mass is 79.9. The van der Waals surface area contributed by atoms with Gasteiger partial charge in [0.1, 0.15) is 0 Å². The lowest BCUT2D eigenvalue weighted by molar-refractivity contribution is 0.216. The molecular formula is C13H16BrN3. The lowest BCUT2D eigenvalue weighted by atomic mass is 9.91. The molecule has 1 saturated carbocycles. The average Bonchev–Trinajstić information content (AvgIpc) is 3.07. The minimum absolute atomic E-state index is 0.0744.